The second-order valence-electron chi connectivity index (χ2n) is 4.00. The van der Waals surface area contributed by atoms with E-state index in [4.69, 9.17) is 10.5 Å². The summed E-state index contributed by atoms with van der Waals surface area (Å²) in [6, 6.07) is 3.60. The first-order chi connectivity index (χ1) is 8.69. The number of nitrogens with two attached hydrogens (primary N) is 1. The van der Waals surface area contributed by atoms with Crippen molar-refractivity contribution in [2.45, 2.75) is 13.5 Å². The second-order valence-corrected chi connectivity index (χ2v) is 4.00. The predicted molar refractivity (Wildman–Crippen MR) is 70.7 cm³/mol. The highest BCUT2D eigenvalue weighted by atomic mass is 16.5. The normalized spacial score (nSPS) is 10.3. The van der Waals surface area contributed by atoms with Gasteiger partial charge in [-0.2, -0.15) is 10.1 Å². The Morgan fingerprint density at radius 1 is 1.44 bits per heavy atom. The first kappa shape index (κ1) is 12.2. The number of nitrogen functional groups attached to an aromatic ring is 1. The molecule has 6 nitrogen and oxygen atoms in total. The van der Waals surface area contributed by atoms with Gasteiger partial charge in [0.2, 0.25) is 5.88 Å². The van der Waals surface area contributed by atoms with Crippen molar-refractivity contribution in [3.05, 3.63) is 30.1 Å². The first-order valence-corrected chi connectivity index (χ1v) is 5.72. The summed E-state index contributed by atoms with van der Waals surface area (Å²) in [5.41, 5.74) is 7.38. The van der Waals surface area contributed by atoms with E-state index in [1.54, 1.807) is 13.2 Å². The van der Waals surface area contributed by atoms with E-state index in [1.165, 1.54) is 0 Å². The Balaban J connectivity index is 1.90. The minimum absolute atomic E-state index is 0.440. The lowest BCUT2D eigenvalue weighted by Crippen LogP contribution is -2.12. The molecule has 0 radical (unpaired) electrons. The predicted octanol–water partition coefficient (Wildman–Crippen LogP) is 1.29. The maximum atomic E-state index is 5.69. The van der Waals surface area contributed by atoms with Crippen molar-refractivity contribution >= 4 is 11.5 Å². The molecular formula is C12H17N5O. The number of aryl methyl sites for hydroxylation is 1. The number of hydrogen-bond acceptors (Lipinski definition) is 5. The standard InChI is InChI=1S/C12H17N5O/c1-9-7-15-17(8-9)6-5-14-11-4-3-10(13)12(16-11)18-2/h3-4,7-8H,5-6,13H2,1-2H3,(H,14,16). The number of nitrogens with one attached hydrogen (secondary N) is 1. The Bertz CT molecular complexity index is 523. The summed E-state index contributed by atoms with van der Waals surface area (Å²) >= 11 is 0. The Kier molecular flexibility index (Phi) is 3.66. The van der Waals surface area contributed by atoms with Gasteiger partial charge in [-0.25, -0.2) is 0 Å². The van der Waals surface area contributed by atoms with Crippen LogP contribution in [-0.2, 0) is 6.54 Å². The van der Waals surface area contributed by atoms with E-state index in [0.717, 1.165) is 24.5 Å². The molecule has 0 fully saturated rings. The van der Waals surface area contributed by atoms with Crippen LogP contribution in [0.3, 0.4) is 0 Å². The summed E-state index contributed by atoms with van der Waals surface area (Å²) in [6.07, 6.45) is 3.84. The molecule has 0 saturated heterocycles. The third-order valence-corrected chi connectivity index (χ3v) is 2.49. The molecule has 2 rings (SSSR count). The first-order valence-electron chi connectivity index (χ1n) is 5.72. The summed E-state index contributed by atoms with van der Waals surface area (Å²) in [7, 11) is 1.55. The fourth-order valence-electron chi connectivity index (χ4n) is 1.60. The quantitative estimate of drug-likeness (QED) is 0.832. The Morgan fingerprint density at radius 3 is 2.94 bits per heavy atom. The van der Waals surface area contributed by atoms with Crippen LogP contribution >= 0.6 is 0 Å². The summed E-state index contributed by atoms with van der Waals surface area (Å²) in [4.78, 5) is 4.24. The Labute approximate surface area is 106 Å². The Hall–Kier alpha value is -2.24. The lowest BCUT2D eigenvalue weighted by Gasteiger charge is -2.08. The van der Waals surface area contributed by atoms with Gasteiger partial charge in [-0.3, -0.25) is 4.68 Å². The zero-order valence-electron chi connectivity index (χ0n) is 10.6. The number of nitrogens with zero attached hydrogens (tertiary/aromatic N) is 3. The molecule has 0 amide bonds. The van der Waals surface area contributed by atoms with E-state index < -0.39 is 0 Å². The average Bonchev–Trinajstić information content (AvgIpc) is 2.77. The zero-order chi connectivity index (χ0) is 13.0. The number of aromatic nitrogens is 3. The number of methoxy groups -OCH3 is 1. The fourth-order valence-corrected chi connectivity index (χ4v) is 1.60. The van der Waals surface area contributed by atoms with Crippen molar-refractivity contribution in [1.29, 1.82) is 0 Å². The van der Waals surface area contributed by atoms with Crippen LogP contribution in [0.1, 0.15) is 5.56 Å². The topological polar surface area (TPSA) is 78.0 Å². The third-order valence-electron chi connectivity index (χ3n) is 2.49. The van der Waals surface area contributed by atoms with Gasteiger partial charge in [0.05, 0.1) is 25.5 Å². The van der Waals surface area contributed by atoms with E-state index in [1.807, 2.05) is 30.1 Å². The molecule has 0 atom stereocenters. The molecule has 2 aromatic rings. The van der Waals surface area contributed by atoms with E-state index >= 15 is 0 Å². The average molecular weight is 247 g/mol. The maximum Gasteiger partial charge on any atom is 0.238 e. The van der Waals surface area contributed by atoms with Gasteiger partial charge < -0.3 is 15.8 Å². The number of pyridine rings is 1. The van der Waals surface area contributed by atoms with Gasteiger partial charge in [-0.15, -0.1) is 0 Å². The molecule has 18 heavy (non-hydrogen) atoms. The molecule has 0 unspecified atom stereocenters. The number of anilines is 2. The van der Waals surface area contributed by atoms with Crippen molar-refractivity contribution in [1.82, 2.24) is 14.8 Å². The summed E-state index contributed by atoms with van der Waals surface area (Å²) < 4.78 is 6.95. The van der Waals surface area contributed by atoms with Crippen molar-refractivity contribution in [3.63, 3.8) is 0 Å². The molecule has 96 valence electrons. The molecule has 6 heteroatoms. The minimum atomic E-state index is 0.440. The SMILES string of the molecule is COc1nc(NCCn2cc(C)cn2)ccc1N. The molecular weight excluding hydrogens is 230 g/mol. The molecule has 0 aromatic carbocycles. The van der Waals surface area contributed by atoms with Gasteiger partial charge >= 0.3 is 0 Å². The molecule has 2 aromatic heterocycles. The largest absolute Gasteiger partial charge is 0.479 e. The van der Waals surface area contributed by atoms with E-state index in [9.17, 15) is 0 Å². The molecule has 0 aliphatic carbocycles. The van der Waals surface area contributed by atoms with Gasteiger partial charge in [0.15, 0.2) is 0 Å². The summed E-state index contributed by atoms with van der Waals surface area (Å²) in [6.45, 7) is 3.53. The monoisotopic (exact) mass is 247 g/mol. The number of rotatable bonds is 5. The summed E-state index contributed by atoms with van der Waals surface area (Å²) in [5, 5.41) is 7.40. The fraction of sp³-hybridized carbons (Fsp3) is 0.333. The lowest BCUT2D eigenvalue weighted by atomic mass is 10.4. The number of hydrogen-bond donors (Lipinski definition) is 2. The highest BCUT2D eigenvalue weighted by Gasteiger charge is 2.02. The molecule has 0 bridgehead atoms. The van der Waals surface area contributed by atoms with Gasteiger partial charge in [0.1, 0.15) is 5.82 Å². The van der Waals surface area contributed by atoms with E-state index in [2.05, 4.69) is 15.4 Å². The molecule has 0 aliphatic heterocycles. The van der Waals surface area contributed by atoms with Crippen LogP contribution in [0.25, 0.3) is 0 Å². The van der Waals surface area contributed by atoms with Crippen LogP contribution in [0.15, 0.2) is 24.5 Å². The maximum absolute atomic E-state index is 5.69. The van der Waals surface area contributed by atoms with Crippen LogP contribution in [0.2, 0.25) is 0 Å². The smallest absolute Gasteiger partial charge is 0.238 e. The van der Waals surface area contributed by atoms with Crippen LogP contribution < -0.4 is 15.8 Å². The lowest BCUT2D eigenvalue weighted by molar-refractivity contribution is 0.401. The molecule has 0 spiro atoms. The summed E-state index contributed by atoms with van der Waals surface area (Å²) in [5.74, 6) is 1.18. The van der Waals surface area contributed by atoms with Crippen molar-refractivity contribution in [2.24, 2.45) is 0 Å². The van der Waals surface area contributed by atoms with Gasteiger partial charge in [-0.05, 0) is 24.6 Å². The molecule has 0 saturated carbocycles. The minimum Gasteiger partial charge on any atom is -0.479 e. The van der Waals surface area contributed by atoms with Gasteiger partial charge in [0, 0.05) is 12.7 Å². The van der Waals surface area contributed by atoms with Crippen LogP contribution in [0, 0.1) is 6.92 Å². The van der Waals surface area contributed by atoms with Gasteiger partial charge in [0.25, 0.3) is 0 Å². The Morgan fingerprint density at radius 2 is 2.28 bits per heavy atom. The molecule has 2 heterocycles. The highest BCUT2D eigenvalue weighted by Crippen LogP contribution is 2.19. The highest BCUT2D eigenvalue weighted by molar-refractivity contribution is 5.53. The van der Waals surface area contributed by atoms with Crippen LogP contribution in [0.5, 0.6) is 5.88 Å². The van der Waals surface area contributed by atoms with Crippen LogP contribution in [-0.4, -0.2) is 28.4 Å². The zero-order valence-corrected chi connectivity index (χ0v) is 10.6. The van der Waals surface area contributed by atoms with Crippen molar-refractivity contribution < 1.29 is 4.74 Å². The van der Waals surface area contributed by atoms with E-state index in [0.29, 0.717) is 11.6 Å². The third kappa shape index (κ3) is 2.91. The van der Waals surface area contributed by atoms with Crippen LogP contribution in [0.4, 0.5) is 11.5 Å². The van der Waals surface area contributed by atoms with Gasteiger partial charge in [-0.1, -0.05) is 0 Å². The molecule has 3 N–H and O–H groups in total. The second kappa shape index (κ2) is 5.39. The van der Waals surface area contributed by atoms with E-state index in [-0.39, 0.29) is 0 Å². The van der Waals surface area contributed by atoms with Crippen molar-refractivity contribution in [3.8, 4) is 5.88 Å². The molecule has 0 aliphatic rings. The van der Waals surface area contributed by atoms with Crippen molar-refractivity contribution in [2.75, 3.05) is 24.7 Å². The number of ether oxygens (including phenoxy) is 1.